The first kappa shape index (κ1) is 14.9. The zero-order valence-corrected chi connectivity index (χ0v) is 12.6. The van der Waals surface area contributed by atoms with Crippen molar-refractivity contribution in [2.24, 2.45) is 0 Å². The van der Waals surface area contributed by atoms with Gasteiger partial charge in [-0.15, -0.1) is 0 Å². The third-order valence-corrected chi connectivity index (χ3v) is 3.33. The average molecular weight is 275 g/mol. The Kier molecular flexibility index (Phi) is 5.93. The fourth-order valence-electron chi connectivity index (χ4n) is 2.19. The van der Waals surface area contributed by atoms with Crippen molar-refractivity contribution in [3.05, 3.63) is 30.5 Å². The quantitative estimate of drug-likeness (QED) is 0.639. The predicted molar refractivity (Wildman–Crippen MR) is 83.5 cm³/mol. The Morgan fingerprint density at radius 1 is 1.00 bits per heavy atom. The summed E-state index contributed by atoms with van der Waals surface area (Å²) in [5.74, 6) is 0.955. The molecule has 0 saturated heterocycles. The molecule has 0 bridgehead atoms. The van der Waals surface area contributed by atoms with Crippen LogP contribution in [0.3, 0.4) is 0 Å². The van der Waals surface area contributed by atoms with Crippen molar-refractivity contribution >= 4 is 10.9 Å². The highest BCUT2D eigenvalue weighted by molar-refractivity contribution is 5.81. The van der Waals surface area contributed by atoms with E-state index in [1.54, 1.807) is 0 Å². The summed E-state index contributed by atoms with van der Waals surface area (Å²) in [6.45, 7) is 7.62. The van der Waals surface area contributed by atoms with Crippen molar-refractivity contribution in [3.63, 3.8) is 0 Å². The second-order valence-electron chi connectivity index (χ2n) is 5.04. The molecule has 110 valence electrons. The molecule has 1 heterocycles. The molecule has 2 aromatic rings. The van der Waals surface area contributed by atoms with Gasteiger partial charge in [0.2, 0.25) is 0 Å². The monoisotopic (exact) mass is 275 g/mol. The summed E-state index contributed by atoms with van der Waals surface area (Å²) >= 11 is 0. The topological polar surface area (TPSA) is 23.4 Å². The highest BCUT2D eigenvalue weighted by atomic mass is 16.5. The van der Waals surface area contributed by atoms with Crippen LogP contribution in [-0.4, -0.2) is 24.4 Å². The molecule has 0 unspecified atom stereocenters. The van der Waals surface area contributed by atoms with Crippen molar-refractivity contribution in [1.29, 1.82) is 0 Å². The van der Waals surface area contributed by atoms with E-state index < -0.39 is 0 Å². The van der Waals surface area contributed by atoms with Gasteiger partial charge in [-0.25, -0.2) is 0 Å². The zero-order chi connectivity index (χ0) is 14.2. The highest BCUT2D eigenvalue weighted by Gasteiger charge is 2.03. The van der Waals surface area contributed by atoms with Gasteiger partial charge in [-0.3, -0.25) is 0 Å². The molecule has 0 N–H and O–H groups in total. The van der Waals surface area contributed by atoms with Crippen LogP contribution in [0.4, 0.5) is 0 Å². The Bertz CT molecular complexity index is 519. The molecule has 0 saturated carbocycles. The molecule has 0 amide bonds. The van der Waals surface area contributed by atoms with Gasteiger partial charge in [0.1, 0.15) is 5.75 Å². The zero-order valence-electron chi connectivity index (χ0n) is 12.6. The van der Waals surface area contributed by atoms with Crippen molar-refractivity contribution in [1.82, 2.24) is 4.57 Å². The van der Waals surface area contributed by atoms with E-state index in [-0.39, 0.29) is 0 Å². The molecule has 0 aliphatic carbocycles. The normalized spacial score (nSPS) is 11.1. The summed E-state index contributed by atoms with van der Waals surface area (Å²) in [6.07, 6.45) is 5.49. The summed E-state index contributed by atoms with van der Waals surface area (Å²) in [5, 5.41) is 1.23. The minimum absolute atomic E-state index is 0.775. The summed E-state index contributed by atoms with van der Waals surface area (Å²) in [6, 6.07) is 8.43. The van der Waals surface area contributed by atoms with E-state index in [9.17, 15) is 0 Å². The van der Waals surface area contributed by atoms with Crippen LogP contribution in [0, 0.1) is 0 Å². The van der Waals surface area contributed by atoms with Gasteiger partial charge in [0.05, 0.1) is 13.2 Å². The SMILES string of the molecule is CCCCOCCn1ccc2cc(OCCC)ccc21. The molecule has 1 aromatic heterocycles. The first-order valence-electron chi connectivity index (χ1n) is 7.64. The minimum atomic E-state index is 0.775. The van der Waals surface area contributed by atoms with Crippen LogP contribution in [0.1, 0.15) is 33.1 Å². The molecule has 0 spiro atoms. The van der Waals surface area contributed by atoms with Crippen LogP contribution in [0.5, 0.6) is 5.75 Å². The molecule has 3 heteroatoms. The molecule has 0 aliphatic heterocycles. The third kappa shape index (κ3) is 4.01. The minimum Gasteiger partial charge on any atom is -0.494 e. The molecule has 0 fully saturated rings. The summed E-state index contributed by atoms with van der Waals surface area (Å²) < 4.78 is 13.5. The largest absolute Gasteiger partial charge is 0.494 e. The number of fused-ring (bicyclic) bond motifs is 1. The van der Waals surface area contributed by atoms with E-state index >= 15 is 0 Å². The maximum atomic E-state index is 5.66. The van der Waals surface area contributed by atoms with Gasteiger partial charge in [-0.05, 0) is 37.1 Å². The van der Waals surface area contributed by atoms with Gasteiger partial charge in [0, 0.05) is 30.3 Å². The second kappa shape index (κ2) is 7.95. The molecule has 0 atom stereocenters. The number of unbranched alkanes of at least 4 members (excludes halogenated alkanes) is 1. The third-order valence-electron chi connectivity index (χ3n) is 3.33. The Morgan fingerprint density at radius 3 is 2.70 bits per heavy atom. The predicted octanol–water partition coefficient (Wildman–Crippen LogP) is 4.25. The van der Waals surface area contributed by atoms with Crippen molar-refractivity contribution < 1.29 is 9.47 Å². The Hall–Kier alpha value is -1.48. The lowest BCUT2D eigenvalue weighted by molar-refractivity contribution is 0.124. The van der Waals surface area contributed by atoms with E-state index in [2.05, 4.69) is 42.8 Å². The molecule has 3 nitrogen and oxygen atoms in total. The maximum Gasteiger partial charge on any atom is 0.120 e. The lowest BCUT2D eigenvalue weighted by Gasteiger charge is -2.08. The van der Waals surface area contributed by atoms with E-state index in [4.69, 9.17) is 9.47 Å². The number of aromatic nitrogens is 1. The summed E-state index contributed by atoms with van der Waals surface area (Å²) in [5.41, 5.74) is 1.24. The molecule has 0 radical (unpaired) electrons. The lowest BCUT2D eigenvalue weighted by atomic mass is 10.2. The molecule has 0 aliphatic rings. The first-order valence-corrected chi connectivity index (χ1v) is 7.64. The molecular formula is C17H25NO2. The fourth-order valence-corrected chi connectivity index (χ4v) is 2.19. The fraction of sp³-hybridized carbons (Fsp3) is 0.529. The van der Waals surface area contributed by atoms with Crippen LogP contribution in [0.2, 0.25) is 0 Å². The molecule has 2 rings (SSSR count). The Morgan fingerprint density at radius 2 is 1.90 bits per heavy atom. The van der Waals surface area contributed by atoms with Gasteiger partial charge >= 0.3 is 0 Å². The van der Waals surface area contributed by atoms with Crippen molar-refractivity contribution in [3.8, 4) is 5.75 Å². The van der Waals surface area contributed by atoms with E-state index in [1.165, 1.54) is 17.3 Å². The molecular weight excluding hydrogens is 250 g/mol. The average Bonchev–Trinajstić information content (AvgIpc) is 2.87. The van der Waals surface area contributed by atoms with Crippen LogP contribution in [0.15, 0.2) is 30.5 Å². The van der Waals surface area contributed by atoms with Crippen LogP contribution in [0.25, 0.3) is 10.9 Å². The molecule has 20 heavy (non-hydrogen) atoms. The lowest BCUT2D eigenvalue weighted by Crippen LogP contribution is -2.05. The number of hydrogen-bond acceptors (Lipinski definition) is 2. The smallest absolute Gasteiger partial charge is 0.120 e. The van der Waals surface area contributed by atoms with Gasteiger partial charge in [-0.1, -0.05) is 20.3 Å². The first-order chi connectivity index (χ1) is 9.85. The summed E-state index contributed by atoms with van der Waals surface area (Å²) in [7, 11) is 0. The Balaban J connectivity index is 1.94. The Labute approximate surface area is 121 Å². The van der Waals surface area contributed by atoms with Crippen LogP contribution >= 0.6 is 0 Å². The van der Waals surface area contributed by atoms with E-state index in [0.29, 0.717) is 0 Å². The van der Waals surface area contributed by atoms with Gasteiger partial charge in [0.25, 0.3) is 0 Å². The number of hydrogen-bond donors (Lipinski definition) is 0. The van der Waals surface area contributed by atoms with Gasteiger partial charge < -0.3 is 14.0 Å². The van der Waals surface area contributed by atoms with E-state index in [1.807, 2.05) is 6.07 Å². The van der Waals surface area contributed by atoms with Crippen LogP contribution in [-0.2, 0) is 11.3 Å². The van der Waals surface area contributed by atoms with E-state index in [0.717, 1.165) is 45.0 Å². The highest BCUT2D eigenvalue weighted by Crippen LogP contribution is 2.22. The second-order valence-corrected chi connectivity index (χ2v) is 5.04. The number of rotatable bonds is 9. The molecule has 1 aromatic carbocycles. The maximum absolute atomic E-state index is 5.66. The van der Waals surface area contributed by atoms with Crippen molar-refractivity contribution in [2.45, 2.75) is 39.7 Å². The number of ether oxygens (including phenoxy) is 2. The number of nitrogens with zero attached hydrogens (tertiary/aromatic N) is 1. The van der Waals surface area contributed by atoms with Crippen LogP contribution < -0.4 is 4.74 Å². The standard InChI is InChI=1S/C17H25NO2/c1-3-5-12-19-13-10-18-9-8-15-14-16(20-11-4-2)6-7-17(15)18/h6-9,14H,3-5,10-13H2,1-2H3. The van der Waals surface area contributed by atoms with Gasteiger partial charge in [0.15, 0.2) is 0 Å². The summed E-state index contributed by atoms with van der Waals surface area (Å²) in [4.78, 5) is 0. The number of benzene rings is 1. The van der Waals surface area contributed by atoms with Gasteiger partial charge in [-0.2, -0.15) is 0 Å². The van der Waals surface area contributed by atoms with Crippen molar-refractivity contribution in [2.75, 3.05) is 19.8 Å².